The van der Waals surface area contributed by atoms with Gasteiger partial charge in [0.15, 0.2) is 11.5 Å². The summed E-state index contributed by atoms with van der Waals surface area (Å²) in [5, 5.41) is 9.58. The van der Waals surface area contributed by atoms with Crippen molar-refractivity contribution in [2.75, 3.05) is 10.6 Å². The zero-order valence-corrected chi connectivity index (χ0v) is 14.9. The first-order valence-electron chi connectivity index (χ1n) is 8.39. The fraction of sp³-hybridized carbons (Fsp3) is 0.0526. The zero-order chi connectivity index (χ0) is 19.5. The molecule has 0 bridgehead atoms. The van der Waals surface area contributed by atoms with Crippen LogP contribution in [0.2, 0.25) is 0 Å². The molecule has 4 aromatic rings. The van der Waals surface area contributed by atoms with Gasteiger partial charge in [-0.15, -0.1) is 0 Å². The number of furan rings is 1. The SMILES string of the molecule is Cn1nc(C(=O)Nc2ccc(-n3ccnc3)cc2)cc1NC(=O)c1ccco1. The summed E-state index contributed by atoms with van der Waals surface area (Å²) in [6.07, 6.45) is 6.63. The molecule has 4 rings (SSSR count). The number of imidazole rings is 1. The Morgan fingerprint density at radius 2 is 1.89 bits per heavy atom. The van der Waals surface area contributed by atoms with E-state index in [4.69, 9.17) is 4.42 Å². The molecule has 0 spiro atoms. The van der Waals surface area contributed by atoms with Gasteiger partial charge in [-0.2, -0.15) is 5.10 Å². The Morgan fingerprint density at radius 1 is 1.07 bits per heavy atom. The summed E-state index contributed by atoms with van der Waals surface area (Å²) in [5.74, 6) is -0.258. The number of carbonyl (C=O) groups is 2. The molecule has 0 aliphatic rings. The summed E-state index contributed by atoms with van der Waals surface area (Å²) in [5.41, 5.74) is 1.73. The molecule has 0 unspecified atom stereocenters. The maximum absolute atomic E-state index is 12.5. The lowest BCUT2D eigenvalue weighted by Crippen LogP contribution is -2.13. The molecule has 0 saturated heterocycles. The van der Waals surface area contributed by atoms with E-state index in [1.165, 1.54) is 17.0 Å². The second-order valence-electron chi connectivity index (χ2n) is 5.94. The molecular formula is C19H16N6O3. The molecule has 140 valence electrons. The largest absolute Gasteiger partial charge is 0.459 e. The Kier molecular flexibility index (Phi) is 4.47. The molecule has 9 heteroatoms. The molecule has 9 nitrogen and oxygen atoms in total. The number of nitrogens with zero attached hydrogens (tertiary/aromatic N) is 4. The summed E-state index contributed by atoms with van der Waals surface area (Å²) in [4.78, 5) is 28.6. The quantitative estimate of drug-likeness (QED) is 0.557. The van der Waals surface area contributed by atoms with Gasteiger partial charge in [0.05, 0.1) is 12.6 Å². The summed E-state index contributed by atoms with van der Waals surface area (Å²) < 4.78 is 8.32. The van der Waals surface area contributed by atoms with Crippen molar-refractivity contribution < 1.29 is 14.0 Å². The average Bonchev–Trinajstić information content (AvgIpc) is 3.45. The Labute approximate surface area is 159 Å². The van der Waals surface area contributed by atoms with E-state index in [2.05, 4.69) is 20.7 Å². The number of nitrogens with one attached hydrogen (secondary N) is 2. The molecule has 2 amide bonds. The molecule has 0 aliphatic carbocycles. The molecule has 0 atom stereocenters. The van der Waals surface area contributed by atoms with Crippen LogP contribution in [0.5, 0.6) is 0 Å². The molecule has 0 saturated carbocycles. The van der Waals surface area contributed by atoms with Crippen LogP contribution in [-0.4, -0.2) is 31.1 Å². The summed E-state index contributed by atoms with van der Waals surface area (Å²) in [6, 6.07) is 12.0. The molecule has 3 aromatic heterocycles. The highest BCUT2D eigenvalue weighted by Crippen LogP contribution is 2.16. The Bertz CT molecular complexity index is 1100. The van der Waals surface area contributed by atoms with Gasteiger partial charge in [-0.3, -0.25) is 14.3 Å². The highest BCUT2D eigenvalue weighted by molar-refractivity contribution is 6.05. The Balaban J connectivity index is 1.44. The van der Waals surface area contributed by atoms with Crippen molar-refractivity contribution in [2.24, 2.45) is 7.05 Å². The number of anilines is 2. The molecule has 0 aliphatic heterocycles. The van der Waals surface area contributed by atoms with E-state index in [1.54, 1.807) is 43.8 Å². The molecule has 28 heavy (non-hydrogen) atoms. The van der Waals surface area contributed by atoms with Gasteiger partial charge in [-0.05, 0) is 36.4 Å². The Hall–Kier alpha value is -4.14. The fourth-order valence-corrected chi connectivity index (χ4v) is 2.60. The monoisotopic (exact) mass is 376 g/mol. The minimum absolute atomic E-state index is 0.171. The van der Waals surface area contributed by atoms with Gasteiger partial charge in [-0.1, -0.05) is 0 Å². The summed E-state index contributed by atoms with van der Waals surface area (Å²) >= 11 is 0. The van der Waals surface area contributed by atoms with Gasteiger partial charge in [0.25, 0.3) is 11.8 Å². The number of aromatic nitrogens is 4. The van der Waals surface area contributed by atoms with Crippen LogP contribution in [0, 0.1) is 0 Å². The van der Waals surface area contributed by atoms with Crippen LogP contribution >= 0.6 is 0 Å². The van der Waals surface area contributed by atoms with E-state index in [9.17, 15) is 9.59 Å². The molecule has 0 fully saturated rings. The molecule has 0 radical (unpaired) electrons. The zero-order valence-electron chi connectivity index (χ0n) is 14.9. The standard InChI is InChI=1S/C19H16N6O3/c1-24-17(22-19(27)16-3-2-10-28-16)11-15(23-24)18(26)21-13-4-6-14(7-5-13)25-9-8-20-12-25/h2-12H,1H3,(H,21,26)(H,22,27). The van der Waals surface area contributed by atoms with Gasteiger partial charge in [0.1, 0.15) is 5.82 Å². The lowest BCUT2D eigenvalue weighted by molar-refractivity contribution is 0.0993. The smallest absolute Gasteiger partial charge is 0.292 e. The van der Waals surface area contributed by atoms with Crippen LogP contribution in [0.4, 0.5) is 11.5 Å². The van der Waals surface area contributed by atoms with Crippen molar-refractivity contribution in [1.82, 2.24) is 19.3 Å². The molecular weight excluding hydrogens is 360 g/mol. The van der Waals surface area contributed by atoms with Crippen LogP contribution in [-0.2, 0) is 7.05 Å². The second kappa shape index (κ2) is 7.23. The van der Waals surface area contributed by atoms with E-state index >= 15 is 0 Å². The molecule has 1 aromatic carbocycles. The van der Waals surface area contributed by atoms with Gasteiger partial charge >= 0.3 is 0 Å². The average molecular weight is 376 g/mol. The van der Waals surface area contributed by atoms with E-state index in [1.807, 2.05) is 22.9 Å². The first-order valence-corrected chi connectivity index (χ1v) is 8.39. The van der Waals surface area contributed by atoms with Crippen molar-refractivity contribution in [1.29, 1.82) is 0 Å². The lowest BCUT2D eigenvalue weighted by Gasteiger charge is -2.05. The van der Waals surface area contributed by atoms with Gasteiger partial charge in [0, 0.05) is 36.9 Å². The van der Waals surface area contributed by atoms with Crippen molar-refractivity contribution in [2.45, 2.75) is 0 Å². The Morgan fingerprint density at radius 3 is 2.57 bits per heavy atom. The van der Waals surface area contributed by atoms with E-state index in [0.29, 0.717) is 11.5 Å². The number of benzene rings is 1. The van der Waals surface area contributed by atoms with Gasteiger partial charge < -0.3 is 19.6 Å². The third-order valence-electron chi connectivity index (χ3n) is 4.03. The number of hydrogen-bond acceptors (Lipinski definition) is 5. The number of hydrogen-bond donors (Lipinski definition) is 2. The number of aryl methyl sites for hydroxylation is 1. The van der Waals surface area contributed by atoms with Crippen LogP contribution in [0.3, 0.4) is 0 Å². The first-order chi connectivity index (χ1) is 13.6. The number of amides is 2. The van der Waals surface area contributed by atoms with Crippen LogP contribution in [0.15, 0.2) is 71.9 Å². The normalized spacial score (nSPS) is 10.6. The third-order valence-corrected chi connectivity index (χ3v) is 4.03. The van der Waals surface area contributed by atoms with Crippen molar-refractivity contribution >= 4 is 23.3 Å². The van der Waals surface area contributed by atoms with E-state index in [-0.39, 0.29) is 17.4 Å². The maximum Gasteiger partial charge on any atom is 0.292 e. The lowest BCUT2D eigenvalue weighted by atomic mass is 10.2. The second-order valence-corrected chi connectivity index (χ2v) is 5.94. The first kappa shape index (κ1) is 17.3. The highest BCUT2D eigenvalue weighted by atomic mass is 16.3. The summed E-state index contributed by atoms with van der Waals surface area (Å²) in [7, 11) is 1.63. The van der Waals surface area contributed by atoms with E-state index < -0.39 is 5.91 Å². The van der Waals surface area contributed by atoms with Gasteiger partial charge in [0.2, 0.25) is 0 Å². The van der Waals surface area contributed by atoms with Gasteiger partial charge in [-0.25, -0.2) is 4.98 Å². The topological polar surface area (TPSA) is 107 Å². The summed E-state index contributed by atoms with van der Waals surface area (Å²) in [6.45, 7) is 0. The fourth-order valence-electron chi connectivity index (χ4n) is 2.60. The predicted octanol–water partition coefficient (Wildman–Crippen LogP) is 2.70. The molecule has 3 heterocycles. The number of carbonyl (C=O) groups excluding carboxylic acids is 2. The van der Waals surface area contributed by atoms with Crippen molar-refractivity contribution in [3.8, 4) is 5.69 Å². The highest BCUT2D eigenvalue weighted by Gasteiger charge is 2.16. The van der Waals surface area contributed by atoms with Crippen LogP contribution < -0.4 is 10.6 Å². The van der Waals surface area contributed by atoms with Crippen molar-refractivity contribution in [3.63, 3.8) is 0 Å². The predicted molar refractivity (Wildman–Crippen MR) is 101 cm³/mol. The maximum atomic E-state index is 12.5. The van der Waals surface area contributed by atoms with Crippen LogP contribution in [0.1, 0.15) is 21.0 Å². The molecule has 2 N–H and O–H groups in total. The van der Waals surface area contributed by atoms with Crippen LogP contribution in [0.25, 0.3) is 5.69 Å². The number of rotatable bonds is 5. The van der Waals surface area contributed by atoms with Crippen molar-refractivity contribution in [3.05, 3.63) is 78.9 Å². The minimum atomic E-state index is -0.421. The minimum Gasteiger partial charge on any atom is -0.459 e. The third kappa shape index (κ3) is 3.54. The van der Waals surface area contributed by atoms with E-state index in [0.717, 1.165) is 5.69 Å².